The molecule has 1 amide bonds. The van der Waals surface area contributed by atoms with Crippen LogP contribution in [0.2, 0.25) is 5.02 Å². The van der Waals surface area contributed by atoms with Gasteiger partial charge in [0, 0.05) is 0 Å². The Morgan fingerprint density at radius 3 is 2.89 bits per heavy atom. The Morgan fingerprint density at radius 1 is 1.58 bits per heavy atom. The maximum Gasteiger partial charge on any atom is 0.292 e. The molecule has 0 saturated carbocycles. The summed E-state index contributed by atoms with van der Waals surface area (Å²) in [5.74, 6) is -0.475. The van der Waals surface area contributed by atoms with Crippen molar-refractivity contribution in [3.8, 4) is 0 Å². The van der Waals surface area contributed by atoms with E-state index in [1.165, 1.54) is 18.2 Å². The number of hydrogen-bond donors (Lipinski definition) is 2. The van der Waals surface area contributed by atoms with E-state index in [0.29, 0.717) is 10.8 Å². The van der Waals surface area contributed by atoms with Gasteiger partial charge in [0.15, 0.2) is 6.54 Å². The lowest BCUT2D eigenvalue weighted by molar-refractivity contribution is -0.671. The minimum absolute atomic E-state index is 0.0271. The maximum atomic E-state index is 11.9. The first-order valence-corrected chi connectivity index (χ1v) is 5.93. The van der Waals surface area contributed by atoms with E-state index in [1.54, 1.807) is 27.9 Å². The number of carbonyl (C=O) groups excluding carboxylic acids is 1. The number of amides is 1. The van der Waals surface area contributed by atoms with Crippen molar-refractivity contribution in [3.05, 3.63) is 41.9 Å². The summed E-state index contributed by atoms with van der Waals surface area (Å²) in [5, 5.41) is 10.7. The summed E-state index contributed by atoms with van der Waals surface area (Å²) in [4.78, 5) is 11.9. The summed E-state index contributed by atoms with van der Waals surface area (Å²) in [6, 6.07) is 4.49. The van der Waals surface area contributed by atoms with Crippen LogP contribution >= 0.6 is 11.6 Å². The standard InChI is InChI=1S/C12H14ClN4O2/c1-15-4-5-16(8-15)7-12(18)17(19)9-2-3-11(14)10(13)6-9/h2-6,8,19H,7,14H2,1H3/q+1. The highest BCUT2D eigenvalue weighted by atomic mass is 35.5. The molecule has 0 fully saturated rings. The van der Waals surface area contributed by atoms with Gasteiger partial charge in [-0.25, -0.2) is 9.13 Å². The van der Waals surface area contributed by atoms with Gasteiger partial charge in [0.25, 0.3) is 5.91 Å². The number of aromatic nitrogens is 2. The van der Waals surface area contributed by atoms with Crippen LogP contribution in [0.1, 0.15) is 0 Å². The van der Waals surface area contributed by atoms with Crippen molar-refractivity contribution in [2.24, 2.45) is 7.05 Å². The van der Waals surface area contributed by atoms with Gasteiger partial charge in [-0.05, 0) is 18.2 Å². The summed E-state index contributed by atoms with van der Waals surface area (Å²) in [7, 11) is 1.84. The Balaban J connectivity index is 2.12. The second-order valence-electron chi connectivity index (χ2n) is 4.16. The lowest BCUT2D eigenvalue weighted by atomic mass is 10.3. The Bertz CT molecular complexity index is 612. The zero-order valence-corrected chi connectivity index (χ0v) is 11.1. The van der Waals surface area contributed by atoms with E-state index in [4.69, 9.17) is 17.3 Å². The molecule has 0 aliphatic heterocycles. The molecule has 2 rings (SSSR count). The van der Waals surface area contributed by atoms with Gasteiger partial charge in [-0.2, -0.15) is 5.06 Å². The number of hydrogen-bond acceptors (Lipinski definition) is 3. The minimum Gasteiger partial charge on any atom is -0.398 e. The van der Waals surface area contributed by atoms with Gasteiger partial charge in [0.1, 0.15) is 12.4 Å². The van der Waals surface area contributed by atoms with Crippen LogP contribution in [0.3, 0.4) is 0 Å². The van der Waals surface area contributed by atoms with Crippen molar-refractivity contribution < 1.29 is 14.6 Å². The molecule has 0 unspecified atom stereocenters. The number of benzene rings is 1. The predicted octanol–water partition coefficient (Wildman–Crippen LogP) is 0.971. The van der Waals surface area contributed by atoms with Gasteiger partial charge in [0.2, 0.25) is 6.33 Å². The molecule has 100 valence electrons. The third-order valence-electron chi connectivity index (χ3n) is 2.61. The Kier molecular flexibility index (Phi) is 3.73. The average Bonchev–Trinajstić information content (AvgIpc) is 2.77. The molecular formula is C12H14ClN4O2+. The van der Waals surface area contributed by atoms with Crippen molar-refractivity contribution in [1.29, 1.82) is 0 Å². The van der Waals surface area contributed by atoms with E-state index < -0.39 is 5.91 Å². The average molecular weight is 282 g/mol. The highest BCUT2D eigenvalue weighted by Crippen LogP contribution is 2.24. The fraction of sp³-hybridized carbons (Fsp3) is 0.167. The van der Waals surface area contributed by atoms with Crippen LogP contribution in [0.5, 0.6) is 0 Å². The van der Waals surface area contributed by atoms with Crippen LogP contribution in [0.25, 0.3) is 0 Å². The third kappa shape index (κ3) is 3.04. The molecule has 0 atom stereocenters. The molecule has 3 N–H and O–H groups in total. The van der Waals surface area contributed by atoms with Crippen molar-refractivity contribution >= 4 is 28.9 Å². The molecule has 0 bridgehead atoms. The van der Waals surface area contributed by atoms with Crippen molar-refractivity contribution in [3.63, 3.8) is 0 Å². The molecule has 0 spiro atoms. The zero-order chi connectivity index (χ0) is 14.0. The summed E-state index contributed by atoms with van der Waals surface area (Å²) in [5.41, 5.74) is 6.24. The third-order valence-corrected chi connectivity index (χ3v) is 2.93. The number of nitrogen functional groups attached to an aromatic ring is 1. The van der Waals surface area contributed by atoms with E-state index in [9.17, 15) is 10.0 Å². The molecule has 1 heterocycles. The van der Waals surface area contributed by atoms with E-state index in [-0.39, 0.29) is 17.3 Å². The monoisotopic (exact) mass is 281 g/mol. The summed E-state index contributed by atoms with van der Waals surface area (Å²) in [6.45, 7) is 0.0271. The molecule has 0 aliphatic carbocycles. The highest BCUT2D eigenvalue weighted by molar-refractivity contribution is 6.33. The summed E-state index contributed by atoms with van der Waals surface area (Å²) >= 11 is 5.84. The van der Waals surface area contributed by atoms with Crippen LogP contribution in [-0.2, 0) is 18.4 Å². The Morgan fingerprint density at radius 2 is 2.32 bits per heavy atom. The largest absolute Gasteiger partial charge is 0.398 e. The van der Waals surface area contributed by atoms with Crippen LogP contribution in [0, 0.1) is 0 Å². The van der Waals surface area contributed by atoms with Gasteiger partial charge in [-0.1, -0.05) is 11.6 Å². The van der Waals surface area contributed by atoms with E-state index in [0.717, 1.165) is 0 Å². The first-order chi connectivity index (χ1) is 8.97. The normalized spacial score (nSPS) is 10.5. The molecule has 6 nitrogen and oxygen atoms in total. The summed E-state index contributed by atoms with van der Waals surface area (Å²) < 4.78 is 3.46. The molecule has 1 aromatic heterocycles. The number of nitrogens with two attached hydrogens (primary N) is 1. The van der Waals surface area contributed by atoms with E-state index in [2.05, 4.69) is 0 Å². The van der Waals surface area contributed by atoms with Crippen molar-refractivity contribution in [2.45, 2.75) is 6.54 Å². The smallest absolute Gasteiger partial charge is 0.292 e. The molecule has 0 radical (unpaired) electrons. The van der Waals surface area contributed by atoms with Crippen molar-refractivity contribution in [1.82, 2.24) is 4.57 Å². The van der Waals surface area contributed by atoms with E-state index in [1.807, 2.05) is 7.05 Å². The Hall–Kier alpha value is -2.05. The number of hydroxylamine groups is 1. The molecular weight excluding hydrogens is 268 g/mol. The molecule has 1 aromatic carbocycles. The number of carbonyl (C=O) groups is 1. The van der Waals surface area contributed by atoms with Gasteiger partial charge < -0.3 is 5.73 Å². The van der Waals surface area contributed by atoms with Gasteiger partial charge in [-0.3, -0.25) is 10.0 Å². The van der Waals surface area contributed by atoms with Gasteiger partial charge >= 0.3 is 0 Å². The fourth-order valence-electron chi connectivity index (χ4n) is 1.61. The molecule has 7 heteroatoms. The second kappa shape index (κ2) is 5.29. The second-order valence-corrected chi connectivity index (χ2v) is 4.57. The number of aryl methyl sites for hydroxylation is 1. The number of anilines is 2. The molecule has 0 saturated heterocycles. The topological polar surface area (TPSA) is 75.4 Å². The number of imidazole rings is 1. The van der Waals surface area contributed by atoms with Gasteiger partial charge in [-0.15, -0.1) is 0 Å². The Labute approximate surface area is 115 Å². The summed E-state index contributed by atoms with van der Waals surface area (Å²) in [6.07, 6.45) is 5.28. The number of halogens is 1. The highest BCUT2D eigenvalue weighted by Gasteiger charge is 2.17. The number of rotatable bonds is 3. The lowest BCUT2D eigenvalue weighted by Gasteiger charge is -2.14. The SMILES string of the molecule is C[n+]1ccn(CC(=O)N(O)c2ccc(N)c(Cl)c2)c1. The first-order valence-electron chi connectivity index (χ1n) is 5.55. The van der Waals surface area contributed by atoms with Crippen LogP contribution in [-0.4, -0.2) is 15.7 Å². The van der Waals surface area contributed by atoms with Crippen LogP contribution < -0.4 is 15.4 Å². The minimum atomic E-state index is -0.475. The van der Waals surface area contributed by atoms with Crippen molar-refractivity contribution in [2.75, 3.05) is 10.8 Å². The molecule has 0 aliphatic rings. The number of nitrogens with zero attached hydrogens (tertiary/aromatic N) is 3. The van der Waals surface area contributed by atoms with Crippen LogP contribution in [0.4, 0.5) is 11.4 Å². The fourth-order valence-corrected chi connectivity index (χ4v) is 1.78. The maximum absolute atomic E-state index is 11.9. The lowest BCUT2D eigenvalue weighted by Crippen LogP contribution is -2.31. The van der Waals surface area contributed by atoms with Crippen LogP contribution in [0.15, 0.2) is 36.9 Å². The van der Waals surface area contributed by atoms with E-state index >= 15 is 0 Å². The molecule has 19 heavy (non-hydrogen) atoms. The zero-order valence-electron chi connectivity index (χ0n) is 10.3. The molecule has 2 aromatic rings. The first kappa shape index (κ1) is 13.4. The predicted molar refractivity (Wildman–Crippen MR) is 70.7 cm³/mol. The van der Waals surface area contributed by atoms with Gasteiger partial charge in [0.05, 0.1) is 23.4 Å². The quantitative estimate of drug-likeness (QED) is 0.381.